The van der Waals surface area contributed by atoms with E-state index in [9.17, 15) is 4.39 Å². The van der Waals surface area contributed by atoms with Crippen LogP contribution in [0.3, 0.4) is 0 Å². The van der Waals surface area contributed by atoms with E-state index in [4.69, 9.17) is 0 Å². The molecule has 60 valence electrons. The molecule has 1 rings (SSSR count). The number of hydrogen-bond acceptors (Lipinski definition) is 3. The van der Waals surface area contributed by atoms with Gasteiger partial charge in [0, 0.05) is 6.20 Å². The van der Waals surface area contributed by atoms with Crippen molar-refractivity contribution in [3.05, 3.63) is 18.0 Å². The Morgan fingerprint density at radius 2 is 2.36 bits per heavy atom. The van der Waals surface area contributed by atoms with E-state index in [1.54, 1.807) is 6.92 Å². The van der Waals surface area contributed by atoms with Gasteiger partial charge in [-0.1, -0.05) is 6.92 Å². The van der Waals surface area contributed by atoms with Gasteiger partial charge in [0.25, 0.3) is 0 Å². The number of halogens is 1. The standard InChI is InChI=1S/C7H9FN2S/c1-3-11-6-4-9-5(2)10-7(6)8/h4H,3H2,1-2H3. The molecule has 0 aliphatic heterocycles. The number of thioether (sulfide) groups is 1. The van der Waals surface area contributed by atoms with E-state index >= 15 is 0 Å². The summed E-state index contributed by atoms with van der Waals surface area (Å²) in [5.74, 6) is 0.899. The summed E-state index contributed by atoms with van der Waals surface area (Å²) in [6.45, 7) is 3.63. The van der Waals surface area contributed by atoms with Crippen molar-refractivity contribution < 1.29 is 4.39 Å². The van der Waals surface area contributed by atoms with Gasteiger partial charge in [0.05, 0.1) is 4.90 Å². The van der Waals surface area contributed by atoms with E-state index in [-0.39, 0.29) is 0 Å². The molecule has 0 aliphatic carbocycles. The zero-order chi connectivity index (χ0) is 8.27. The third-order valence-corrected chi connectivity index (χ3v) is 2.01. The molecule has 0 aliphatic rings. The Hall–Kier alpha value is -0.640. The molecule has 11 heavy (non-hydrogen) atoms. The van der Waals surface area contributed by atoms with Crippen LogP contribution in [0.15, 0.2) is 11.1 Å². The lowest BCUT2D eigenvalue weighted by Crippen LogP contribution is -1.93. The zero-order valence-corrected chi connectivity index (χ0v) is 7.28. The van der Waals surface area contributed by atoms with Crippen molar-refractivity contribution in [2.24, 2.45) is 0 Å². The lowest BCUT2D eigenvalue weighted by Gasteiger charge is -1.98. The first-order valence-electron chi connectivity index (χ1n) is 3.36. The lowest BCUT2D eigenvalue weighted by atomic mass is 10.6. The van der Waals surface area contributed by atoms with Crippen molar-refractivity contribution in [3.8, 4) is 0 Å². The third-order valence-electron chi connectivity index (χ3n) is 1.13. The molecule has 0 amide bonds. The van der Waals surface area contributed by atoms with Crippen LogP contribution in [0.25, 0.3) is 0 Å². The predicted molar refractivity (Wildman–Crippen MR) is 43.1 cm³/mol. The Kier molecular flexibility index (Phi) is 2.82. The fourth-order valence-corrected chi connectivity index (χ4v) is 1.29. The third kappa shape index (κ3) is 2.15. The first-order valence-corrected chi connectivity index (χ1v) is 4.34. The minimum absolute atomic E-state index is 0.413. The first kappa shape index (κ1) is 8.46. The Bertz CT molecular complexity index is 252. The molecule has 0 saturated heterocycles. The van der Waals surface area contributed by atoms with Crippen molar-refractivity contribution in [3.63, 3.8) is 0 Å². The Morgan fingerprint density at radius 3 is 2.91 bits per heavy atom. The first-order chi connectivity index (χ1) is 5.24. The van der Waals surface area contributed by atoms with E-state index in [1.807, 2.05) is 6.92 Å². The molecule has 4 heteroatoms. The van der Waals surface area contributed by atoms with Crippen molar-refractivity contribution in [1.82, 2.24) is 9.97 Å². The number of nitrogens with zero attached hydrogens (tertiary/aromatic N) is 2. The highest BCUT2D eigenvalue weighted by molar-refractivity contribution is 7.99. The second kappa shape index (κ2) is 3.67. The van der Waals surface area contributed by atoms with Gasteiger partial charge in [-0.15, -0.1) is 11.8 Å². The topological polar surface area (TPSA) is 25.8 Å². The summed E-state index contributed by atoms with van der Waals surface area (Å²) in [6.07, 6.45) is 1.52. The van der Waals surface area contributed by atoms with Gasteiger partial charge in [-0.3, -0.25) is 0 Å². The van der Waals surface area contributed by atoms with Crippen LogP contribution in [0.5, 0.6) is 0 Å². The maximum Gasteiger partial charge on any atom is 0.229 e. The SMILES string of the molecule is CCSc1cnc(C)nc1F. The second-order valence-electron chi connectivity index (χ2n) is 2.01. The highest BCUT2D eigenvalue weighted by Crippen LogP contribution is 2.18. The van der Waals surface area contributed by atoms with E-state index in [1.165, 1.54) is 18.0 Å². The van der Waals surface area contributed by atoms with Gasteiger partial charge < -0.3 is 0 Å². The average molecular weight is 172 g/mol. The van der Waals surface area contributed by atoms with Gasteiger partial charge in [0.2, 0.25) is 5.95 Å². The largest absolute Gasteiger partial charge is 0.240 e. The molecule has 0 atom stereocenters. The van der Waals surface area contributed by atoms with Crippen LogP contribution in [-0.4, -0.2) is 15.7 Å². The summed E-state index contributed by atoms with van der Waals surface area (Å²) < 4.78 is 12.9. The molecule has 1 aromatic heterocycles. The van der Waals surface area contributed by atoms with E-state index in [0.717, 1.165) is 5.75 Å². The molecule has 2 nitrogen and oxygen atoms in total. The maximum absolute atomic E-state index is 12.9. The second-order valence-corrected chi connectivity index (χ2v) is 3.31. The normalized spacial score (nSPS) is 10.1. The summed E-state index contributed by atoms with van der Waals surface area (Å²) in [5.41, 5.74) is 0. The summed E-state index contributed by atoms with van der Waals surface area (Å²) in [6, 6.07) is 0. The van der Waals surface area contributed by atoms with Crippen molar-refractivity contribution in [2.75, 3.05) is 5.75 Å². The summed E-state index contributed by atoms with van der Waals surface area (Å²) in [7, 11) is 0. The van der Waals surface area contributed by atoms with Crippen LogP contribution in [0.2, 0.25) is 0 Å². The van der Waals surface area contributed by atoms with Gasteiger partial charge in [-0.25, -0.2) is 9.97 Å². The number of hydrogen-bond donors (Lipinski definition) is 0. The van der Waals surface area contributed by atoms with Crippen LogP contribution in [0.4, 0.5) is 4.39 Å². The molecule has 0 N–H and O–H groups in total. The Balaban J connectivity index is 2.90. The fraction of sp³-hybridized carbons (Fsp3) is 0.429. The van der Waals surface area contributed by atoms with Gasteiger partial charge in [0.1, 0.15) is 5.82 Å². The quantitative estimate of drug-likeness (QED) is 0.504. The molecule has 0 aromatic carbocycles. The summed E-state index contributed by atoms with van der Waals surface area (Å²) >= 11 is 1.41. The van der Waals surface area contributed by atoms with Crippen LogP contribution in [-0.2, 0) is 0 Å². The van der Waals surface area contributed by atoms with E-state index in [2.05, 4.69) is 9.97 Å². The van der Waals surface area contributed by atoms with E-state index in [0.29, 0.717) is 10.7 Å². The monoisotopic (exact) mass is 172 g/mol. The molecule has 0 unspecified atom stereocenters. The molecule has 0 radical (unpaired) electrons. The minimum Gasteiger partial charge on any atom is -0.240 e. The van der Waals surface area contributed by atoms with Crippen LogP contribution < -0.4 is 0 Å². The van der Waals surface area contributed by atoms with Gasteiger partial charge in [-0.2, -0.15) is 4.39 Å². The lowest BCUT2D eigenvalue weighted by molar-refractivity contribution is 0.546. The zero-order valence-electron chi connectivity index (χ0n) is 6.47. The van der Waals surface area contributed by atoms with Crippen LogP contribution >= 0.6 is 11.8 Å². The molecule has 0 bridgehead atoms. The number of aryl methyl sites for hydroxylation is 1. The molecular formula is C7H9FN2S. The average Bonchev–Trinajstić information content (AvgIpc) is 1.95. The smallest absolute Gasteiger partial charge is 0.229 e. The molecule has 1 heterocycles. The Morgan fingerprint density at radius 1 is 1.64 bits per heavy atom. The highest BCUT2D eigenvalue weighted by Gasteiger charge is 2.02. The summed E-state index contributed by atoms with van der Waals surface area (Å²) in [5, 5.41) is 0. The molecule has 0 saturated carbocycles. The van der Waals surface area contributed by atoms with Gasteiger partial charge in [-0.05, 0) is 12.7 Å². The summed E-state index contributed by atoms with van der Waals surface area (Å²) in [4.78, 5) is 8.01. The predicted octanol–water partition coefficient (Wildman–Crippen LogP) is 2.04. The minimum atomic E-state index is -0.413. The van der Waals surface area contributed by atoms with Crippen LogP contribution in [0.1, 0.15) is 12.7 Å². The molecule has 0 spiro atoms. The number of aromatic nitrogens is 2. The molecule has 0 fully saturated rings. The van der Waals surface area contributed by atoms with Crippen molar-refractivity contribution in [2.45, 2.75) is 18.7 Å². The highest BCUT2D eigenvalue weighted by atomic mass is 32.2. The Labute approximate surface area is 69.3 Å². The van der Waals surface area contributed by atoms with E-state index < -0.39 is 5.95 Å². The van der Waals surface area contributed by atoms with Gasteiger partial charge in [0.15, 0.2) is 0 Å². The van der Waals surface area contributed by atoms with Gasteiger partial charge >= 0.3 is 0 Å². The fourth-order valence-electron chi connectivity index (χ4n) is 0.684. The molecule has 1 aromatic rings. The van der Waals surface area contributed by atoms with Crippen LogP contribution in [0, 0.1) is 12.9 Å². The maximum atomic E-state index is 12.9. The van der Waals surface area contributed by atoms with Crippen molar-refractivity contribution >= 4 is 11.8 Å². The van der Waals surface area contributed by atoms with Crippen molar-refractivity contribution in [1.29, 1.82) is 0 Å². The number of rotatable bonds is 2. The molecular weight excluding hydrogens is 163 g/mol.